The number of hydrogen-bond donors (Lipinski definition) is 0. The van der Waals surface area contributed by atoms with Crippen LogP contribution in [0.5, 0.6) is 5.75 Å². The van der Waals surface area contributed by atoms with Gasteiger partial charge in [0.2, 0.25) is 0 Å². The van der Waals surface area contributed by atoms with Crippen LogP contribution in [0.4, 0.5) is 10.5 Å². The molecule has 0 radical (unpaired) electrons. The molecular formula is C14H11N2O7S-. The first-order valence-electron chi connectivity index (χ1n) is 6.56. The standard InChI is InChI=1S/C14H12N2O7S/c1-7(13(19)23-2)15-12(18)11(24-14(15)20)6-8-3-4-10(17)9(5-8)16(21)22/h3-7,17H,1-2H3/p-1/b11-6+/t7-/m0/s1. The molecular weight excluding hydrogens is 340 g/mol. The molecule has 2 rings (SSSR count). The summed E-state index contributed by atoms with van der Waals surface area (Å²) in [6.45, 7) is 1.35. The minimum Gasteiger partial charge on any atom is -0.868 e. The number of nitrogens with zero attached hydrogens (tertiary/aromatic N) is 2. The van der Waals surface area contributed by atoms with E-state index in [2.05, 4.69) is 4.74 Å². The molecule has 0 bridgehead atoms. The van der Waals surface area contributed by atoms with Crippen molar-refractivity contribution in [1.82, 2.24) is 4.90 Å². The highest BCUT2D eigenvalue weighted by molar-refractivity contribution is 8.18. The number of amides is 2. The molecule has 1 fully saturated rings. The highest BCUT2D eigenvalue weighted by Crippen LogP contribution is 2.34. The topological polar surface area (TPSA) is 130 Å². The Morgan fingerprint density at radius 1 is 1.42 bits per heavy atom. The number of imide groups is 1. The molecule has 1 aliphatic rings. The first-order valence-corrected chi connectivity index (χ1v) is 7.38. The average Bonchev–Trinajstić information content (AvgIpc) is 2.81. The van der Waals surface area contributed by atoms with Gasteiger partial charge >= 0.3 is 5.97 Å². The van der Waals surface area contributed by atoms with Crippen LogP contribution in [0, 0.1) is 10.1 Å². The summed E-state index contributed by atoms with van der Waals surface area (Å²) in [7, 11) is 1.14. The number of rotatable bonds is 4. The molecule has 0 spiro atoms. The number of methoxy groups -OCH3 is 1. The summed E-state index contributed by atoms with van der Waals surface area (Å²) in [4.78, 5) is 46.4. The number of carbonyl (C=O) groups excluding carboxylic acids is 3. The smallest absolute Gasteiger partial charge is 0.328 e. The molecule has 1 atom stereocenters. The molecule has 0 N–H and O–H groups in total. The monoisotopic (exact) mass is 351 g/mol. The molecule has 0 saturated carbocycles. The van der Waals surface area contributed by atoms with Gasteiger partial charge in [-0.1, -0.05) is 12.1 Å². The summed E-state index contributed by atoms with van der Waals surface area (Å²) in [5.74, 6) is -2.22. The van der Waals surface area contributed by atoms with Gasteiger partial charge in [-0.15, -0.1) is 0 Å². The van der Waals surface area contributed by atoms with Crippen LogP contribution < -0.4 is 5.11 Å². The molecule has 24 heavy (non-hydrogen) atoms. The predicted molar refractivity (Wildman–Crippen MR) is 81.8 cm³/mol. The van der Waals surface area contributed by atoms with Crippen molar-refractivity contribution in [2.45, 2.75) is 13.0 Å². The predicted octanol–water partition coefficient (Wildman–Crippen LogP) is 1.27. The molecule has 126 valence electrons. The number of ether oxygens (including phenoxy) is 1. The van der Waals surface area contributed by atoms with Crippen LogP contribution in [-0.4, -0.2) is 40.1 Å². The number of nitro groups is 1. The van der Waals surface area contributed by atoms with Crippen molar-refractivity contribution < 1.29 is 29.2 Å². The summed E-state index contributed by atoms with van der Waals surface area (Å²) in [6, 6.07) is 2.23. The lowest BCUT2D eigenvalue weighted by atomic mass is 10.1. The van der Waals surface area contributed by atoms with E-state index in [0.29, 0.717) is 11.8 Å². The Balaban J connectivity index is 2.34. The molecule has 9 nitrogen and oxygen atoms in total. The number of hydrogen-bond acceptors (Lipinski definition) is 8. The van der Waals surface area contributed by atoms with Crippen molar-refractivity contribution in [3.05, 3.63) is 38.8 Å². The lowest BCUT2D eigenvalue weighted by Gasteiger charge is -2.18. The van der Waals surface area contributed by atoms with Crippen LogP contribution in [0.3, 0.4) is 0 Å². The Kier molecular flexibility index (Phi) is 4.88. The quantitative estimate of drug-likeness (QED) is 0.343. The van der Waals surface area contributed by atoms with Crippen molar-refractivity contribution in [3.63, 3.8) is 0 Å². The molecule has 1 aliphatic heterocycles. The molecule has 2 amide bonds. The maximum atomic E-state index is 12.3. The van der Waals surface area contributed by atoms with Gasteiger partial charge in [-0.25, -0.2) is 4.79 Å². The van der Waals surface area contributed by atoms with Crippen molar-refractivity contribution in [2.75, 3.05) is 7.11 Å². The fourth-order valence-electron chi connectivity index (χ4n) is 2.01. The van der Waals surface area contributed by atoms with E-state index >= 15 is 0 Å². The minimum atomic E-state index is -1.09. The Morgan fingerprint density at radius 2 is 2.08 bits per heavy atom. The lowest BCUT2D eigenvalue weighted by molar-refractivity contribution is -0.398. The lowest BCUT2D eigenvalue weighted by Crippen LogP contribution is -2.42. The summed E-state index contributed by atoms with van der Waals surface area (Å²) >= 11 is 0.594. The van der Waals surface area contributed by atoms with E-state index in [0.717, 1.165) is 24.1 Å². The third-order valence-electron chi connectivity index (χ3n) is 3.23. The van der Waals surface area contributed by atoms with Crippen LogP contribution in [0.2, 0.25) is 0 Å². The van der Waals surface area contributed by atoms with E-state index < -0.39 is 39.5 Å². The fourth-order valence-corrected chi connectivity index (χ4v) is 2.92. The fraction of sp³-hybridized carbons (Fsp3) is 0.214. The van der Waals surface area contributed by atoms with Gasteiger partial charge in [0.05, 0.1) is 16.9 Å². The summed E-state index contributed by atoms with van der Waals surface area (Å²) < 4.78 is 4.51. The van der Waals surface area contributed by atoms with Crippen molar-refractivity contribution in [3.8, 4) is 5.75 Å². The van der Waals surface area contributed by atoms with Crippen molar-refractivity contribution in [2.24, 2.45) is 0 Å². The molecule has 1 heterocycles. The van der Waals surface area contributed by atoms with Crippen LogP contribution in [0.25, 0.3) is 6.08 Å². The molecule has 1 saturated heterocycles. The van der Waals surface area contributed by atoms with Crippen molar-refractivity contribution in [1.29, 1.82) is 0 Å². The van der Waals surface area contributed by atoms with E-state index in [1.807, 2.05) is 0 Å². The summed E-state index contributed by atoms with van der Waals surface area (Å²) in [5, 5.41) is 21.5. The Hall–Kier alpha value is -2.88. The Morgan fingerprint density at radius 3 is 2.67 bits per heavy atom. The zero-order valence-corrected chi connectivity index (χ0v) is 13.4. The van der Waals surface area contributed by atoms with Gasteiger partial charge in [0.25, 0.3) is 16.8 Å². The zero-order chi connectivity index (χ0) is 18.0. The first-order chi connectivity index (χ1) is 11.3. The zero-order valence-electron chi connectivity index (χ0n) is 12.5. The number of thioether (sulfide) groups is 1. The highest BCUT2D eigenvalue weighted by atomic mass is 32.2. The summed E-state index contributed by atoms with van der Waals surface area (Å²) in [6.07, 6.45) is 1.25. The second kappa shape index (κ2) is 6.71. The SMILES string of the molecule is COC(=O)[C@H](C)N1C(=O)S/C(=C/c2ccc([O-])c([N+](=O)[O-])c2)C1=O. The summed E-state index contributed by atoms with van der Waals surface area (Å²) in [5.41, 5.74) is -0.413. The molecule has 0 aliphatic carbocycles. The number of carbonyl (C=O) groups is 3. The van der Waals surface area contributed by atoms with E-state index in [1.54, 1.807) is 0 Å². The van der Waals surface area contributed by atoms with E-state index in [1.165, 1.54) is 19.1 Å². The Bertz CT molecular complexity index is 774. The van der Waals surface area contributed by atoms with Gasteiger partial charge in [0.1, 0.15) is 6.04 Å². The van der Waals surface area contributed by atoms with E-state index in [4.69, 9.17) is 0 Å². The molecule has 0 aromatic heterocycles. The van der Waals surface area contributed by atoms with Gasteiger partial charge in [0.15, 0.2) is 0 Å². The van der Waals surface area contributed by atoms with Gasteiger partial charge in [0, 0.05) is 6.07 Å². The second-order valence-electron chi connectivity index (χ2n) is 4.74. The maximum absolute atomic E-state index is 12.3. The largest absolute Gasteiger partial charge is 0.868 e. The van der Waals surface area contributed by atoms with Crippen LogP contribution >= 0.6 is 11.8 Å². The van der Waals surface area contributed by atoms with Gasteiger partial charge in [-0.05, 0) is 36.1 Å². The number of esters is 1. The van der Waals surface area contributed by atoms with Gasteiger partial charge in [-0.3, -0.25) is 24.6 Å². The Labute approximate surface area is 140 Å². The average molecular weight is 351 g/mol. The van der Waals surface area contributed by atoms with E-state index in [-0.39, 0.29) is 10.5 Å². The second-order valence-corrected chi connectivity index (χ2v) is 5.73. The van der Waals surface area contributed by atoms with Crippen LogP contribution in [0.1, 0.15) is 12.5 Å². The normalized spacial score (nSPS) is 17.2. The third-order valence-corrected chi connectivity index (χ3v) is 4.11. The number of nitro benzene ring substituents is 1. The first kappa shape index (κ1) is 17.5. The van der Waals surface area contributed by atoms with Crippen LogP contribution in [0.15, 0.2) is 23.1 Å². The minimum absolute atomic E-state index is 0.0105. The third kappa shape index (κ3) is 3.23. The van der Waals surface area contributed by atoms with E-state index in [9.17, 15) is 29.6 Å². The van der Waals surface area contributed by atoms with Gasteiger partial charge in [-0.2, -0.15) is 0 Å². The number of benzene rings is 1. The van der Waals surface area contributed by atoms with Crippen molar-refractivity contribution >= 4 is 40.6 Å². The molecule has 0 unspecified atom stereocenters. The van der Waals surface area contributed by atoms with Crippen LogP contribution in [-0.2, 0) is 14.3 Å². The van der Waals surface area contributed by atoms with Gasteiger partial charge < -0.3 is 9.84 Å². The molecule has 10 heteroatoms. The molecule has 1 aromatic rings. The highest BCUT2D eigenvalue weighted by Gasteiger charge is 2.41. The molecule has 1 aromatic carbocycles. The maximum Gasteiger partial charge on any atom is 0.328 e.